The van der Waals surface area contributed by atoms with Gasteiger partial charge in [-0.2, -0.15) is 0 Å². The quantitative estimate of drug-likeness (QED) is 0.684. The molecule has 1 aromatic carbocycles. The number of rotatable bonds is 1. The molecule has 0 aromatic heterocycles. The molecule has 0 bridgehead atoms. The minimum absolute atomic E-state index is 0.259. The minimum Gasteiger partial charge on any atom is -0.508 e. The van der Waals surface area contributed by atoms with Crippen molar-refractivity contribution in [2.75, 3.05) is 6.61 Å². The summed E-state index contributed by atoms with van der Waals surface area (Å²) in [6.07, 6.45) is 3.00. The molecule has 0 heterocycles. The van der Waals surface area contributed by atoms with Crippen molar-refractivity contribution in [3.05, 3.63) is 29.3 Å². The van der Waals surface area contributed by atoms with E-state index >= 15 is 0 Å². The second-order valence-corrected chi connectivity index (χ2v) is 3.74. The van der Waals surface area contributed by atoms with Crippen LogP contribution in [0.5, 0.6) is 5.75 Å². The van der Waals surface area contributed by atoms with E-state index in [0.717, 1.165) is 19.3 Å². The van der Waals surface area contributed by atoms with Crippen molar-refractivity contribution in [1.82, 2.24) is 0 Å². The van der Waals surface area contributed by atoms with E-state index < -0.39 is 0 Å². The van der Waals surface area contributed by atoms with Crippen LogP contribution in [0.1, 0.15) is 17.5 Å². The van der Waals surface area contributed by atoms with Gasteiger partial charge in [-0.05, 0) is 48.4 Å². The third-order valence-electron chi connectivity index (χ3n) is 2.78. The molecular weight excluding hydrogens is 164 g/mol. The number of aryl methyl sites for hydroxylation is 1. The highest BCUT2D eigenvalue weighted by atomic mass is 16.3. The fourth-order valence-corrected chi connectivity index (χ4v) is 1.97. The van der Waals surface area contributed by atoms with E-state index in [2.05, 4.69) is 0 Å². The highest BCUT2D eigenvalue weighted by Gasteiger charge is 2.17. The molecule has 0 saturated carbocycles. The molecule has 2 heteroatoms. The van der Waals surface area contributed by atoms with Crippen LogP contribution in [-0.4, -0.2) is 16.8 Å². The number of aliphatic hydroxyl groups is 1. The number of phenols is 1. The van der Waals surface area contributed by atoms with Gasteiger partial charge < -0.3 is 10.2 Å². The second kappa shape index (κ2) is 3.38. The van der Waals surface area contributed by atoms with Crippen molar-refractivity contribution in [1.29, 1.82) is 0 Å². The molecule has 0 aliphatic heterocycles. The lowest BCUT2D eigenvalue weighted by molar-refractivity contribution is 0.213. The Morgan fingerprint density at radius 1 is 1.31 bits per heavy atom. The van der Waals surface area contributed by atoms with Crippen molar-refractivity contribution in [3.63, 3.8) is 0 Å². The third-order valence-corrected chi connectivity index (χ3v) is 2.78. The summed E-state index contributed by atoms with van der Waals surface area (Å²) in [7, 11) is 0. The van der Waals surface area contributed by atoms with Crippen LogP contribution < -0.4 is 0 Å². The summed E-state index contributed by atoms with van der Waals surface area (Å²) in [6, 6.07) is 5.54. The normalized spacial score (nSPS) is 21.2. The van der Waals surface area contributed by atoms with E-state index in [1.165, 1.54) is 11.1 Å². The molecule has 1 aliphatic rings. The van der Waals surface area contributed by atoms with Crippen LogP contribution in [0.3, 0.4) is 0 Å². The Morgan fingerprint density at radius 3 is 2.92 bits per heavy atom. The maximum atomic E-state index is 9.28. The number of hydrogen-bond acceptors (Lipinski definition) is 2. The lowest BCUT2D eigenvalue weighted by Crippen LogP contribution is -2.17. The average molecular weight is 178 g/mol. The molecule has 0 saturated heterocycles. The standard InChI is InChI=1S/C11H14O2/c12-7-8-1-2-9-3-4-11(13)6-10(9)5-8/h3-4,6,8,12-13H,1-2,5,7H2. The molecule has 1 atom stereocenters. The molecule has 13 heavy (non-hydrogen) atoms. The first kappa shape index (κ1) is 8.57. The molecule has 1 aliphatic carbocycles. The number of benzene rings is 1. The SMILES string of the molecule is OCC1CCc2ccc(O)cc2C1. The Hall–Kier alpha value is -1.02. The molecule has 0 spiro atoms. The molecule has 0 radical (unpaired) electrons. The molecule has 70 valence electrons. The van der Waals surface area contributed by atoms with Crippen molar-refractivity contribution in [3.8, 4) is 5.75 Å². The summed E-state index contributed by atoms with van der Waals surface area (Å²) in [4.78, 5) is 0. The van der Waals surface area contributed by atoms with Gasteiger partial charge in [0.2, 0.25) is 0 Å². The Balaban J connectivity index is 2.27. The summed E-state index contributed by atoms with van der Waals surface area (Å²) in [5.74, 6) is 0.714. The van der Waals surface area contributed by atoms with Gasteiger partial charge in [-0.15, -0.1) is 0 Å². The van der Waals surface area contributed by atoms with Gasteiger partial charge in [0.1, 0.15) is 5.75 Å². The number of hydrogen-bond donors (Lipinski definition) is 2. The van der Waals surface area contributed by atoms with Crippen LogP contribution in [0.4, 0.5) is 0 Å². The Morgan fingerprint density at radius 2 is 2.15 bits per heavy atom. The summed E-state index contributed by atoms with van der Waals surface area (Å²) in [5, 5.41) is 18.3. The largest absolute Gasteiger partial charge is 0.508 e. The lowest BCUT2D eigenvalue weighted by atomic mass is 9.84. The number of aliphatic hydroxyl groups excluding tert-OH is 1. The zero-order valence-corrected chi connectivity index (χ0v) is 7.53. The van der Waals surface area contributed by atoms with Gasteiger partial charge in [0.05, 0.1) is 0 Å². The smallest absolute Gasteiger partial charge is 0.115 e. The summed E-state index contributed by atoms with van der Waals surface area (Å²) in [5.41, 5.74) is 2.52. The Labute approximate surface area is 77.8 Å². The molecule has 1 unspecified atom stereocenters. The van der Waals surface area contributed by atoms with Gasteiger partial charge >= 0.3 is 0 Å². The second-order valence-electron chi connectivity index (χ2n) is 3.74. The van der Waals surface area contributed by atoms with Crippen LogP contribution in [0.2, 0.25) is 0 Å². The zero-order valence-electron chi connectivity index (χ0n) is 7.53. The van der Waals surface area contributed by atoms with Gasteiger partial charge in [-0.3, -0.25) is 0 Å². The number of aromatic hydroxyl groups is 1. The highest BCUT2D eigenvalue weighted by molar-refractivity contribution is 5.36. The van der Waals surface area contributed by atoms with E-state index in [4.69, 9.17) is 5.11 Å². The van der Waals surface area contributed by atoms with E-state index in [9.17, 15) is 5.11 Å². The predicted octanol–water partition coefficient (Wildman–Crippen LogP) is 1.49. The summed E-state index contributed by atoms with van der Waals surface area (Å²) in [6.45, 7) is 0.259. The topological polar surface area (TPSA) is 40.5 Å². The fraction of sp³-hybridized carbons (Fsp3) is 0.455. The highest BCUT2D eigenvalue weighted by Crippen LogP contribution is 2.27. The van der Waals surface area contributed by atoms with Gasteiger partial charge in [0, 0.05) is 6.61 Å². The van der Waals surface area contributed by atoms with Crippen LogP contribution in [0.25, 0.3) is 0 Å². The minimum atomic E-state index is 0.259. The first-order valence-corrected chi connectivity index (χ1v) is 4.71. The maximum absolute atomic E-state index is 9.28. The summed E-state index contributed by atoms with van der Waals surface area (Å²) < 4.78 is 0. The van der Waals surface area contributed by atoms with Crippen molar-refractivity contribution >= 4 is 0 Å². The monoisotopic (exact) mass is 178 g/mol. The van der Waals surface area contributed by atoms with Crippen LogP contribution >= 0.6 is 0 Å². The number of phenolic OH excluding ortho intramolecular Hbond substituents is 1. The van der Waals surface area contributed by atoms with Crippen molar-refractivity contribution < 1.29 is 10.2 Å². The molecule has 2 N–H and O–H groups in total. The van der Waals surface area contributed by atoms with E-state index in [1.54, 1.807) is 6.07 Å². The van der Waals surface area contributed by atoms with Gasteiger partial charge in [0.25, 0.3) is 0 Å². The Bertz CT molecular complexity index is 307. The third kappa shape index (κ3) is 1.68. The Kier molecular flexibility index (Phi) is 2.23. The van der Waals surface area contributed by atoms with Crippen LogP contribution in [-0.2, 0) is 12.8 Å². The molecule has 0 fully saturated rings. The van der Waals surface area contributed by atoms with Gasteiger partial charge in [-0.25, -0.2) is 0 Å². The molecule has 2 nitrogen and oxygen atoms in total. The van der Waals surface area contributed by atoms with E-state index in [0.29, 0.717) is 11.7 Å². The van der Waals surface area contributed by atoms with Gasteiger partial charge in [-0.1, -0.05) is 6.07 Å². The molecule has 0 amide bonds. The summed E-state index contributed by atoms with van der Waals surface area (Å²) >= 11 is 0. The van der Waals surface area contributed by atoms with Crippen molar-refractivity contribution in [2.45, 2.75) is 19.3 Å². The lowest BCUT2D eigenvalue weighted by Gasteiger charge is -2.22. The first-order valence-electron chi connectivity index (χ1n) is 4.71. The van der Waals surface area contributed by atoms with Gasteiger partial charge in [0.15, 0.2) is 0 Å². The zero-order chi connectivity index (χ0) is 9.26. The molecule has 2 rings (SSSR count). The molecule has 1 aromatic rings. The average Bonchev–Trinajstić information content (AvgIpc) is 2.16. The van der Waals surface area contributed by atoms with E-state index in [1.807, 2.05) is 12.1 Å². The van der Waals surface area contributed by atoms with Crippen LogP contribution in [0, 0.1) is 5.92 Å². The molecular formula is C11H14O2. The predicted molar refractivity (Wildman–Crippen MR) is 50.7 cm³/mol. The van der Waals surface area contributed by atoms with Crippen molar-refractivity contribution in [2.24, 2.45) is 5.92 Å². The maximum Gasteiger partial charge on any atom is 0.115 e. The van der Waals surface area contributed by atoms with Crippen LogP contribution in [0.15, 0.2) is 18.2 Å². The van der Waals surface area contributed by atoms with E-state index in [-0.39, 0.29) is 6.61 Å². The number of fused-ring (bicyclic) bond motifs is 1. The fourth-order valence-electron chi connectivity index (χ4n) is 1.97. The first-order chi connectivity index (χ1) is 6.29.